The fourth-order valence-electron chi connectivity index (χ4n) is 3.17. The first-order chi connectivity index (χ1) is 9.85. The Kier molecular flexibility index (Phi) is 3.27. The van der Waals surface area contributed by atoms with Crippen LogP contribution in [0.2, 0.25) is 10.0 Å². The third kappa shape index (κ3) is 1.97. The number of Topliss-reactive ketones (excluding diaryl/α,β-unsaturated/α-hetero) is 1. The van der Waals surface area contributed by atoms with Gasteiger partial charge in [-0.25, -0.2) is 0 Å². The zero-order valence-corrected chi connectivity index (χ0v) is 13.2. The van der Waals surface area contributed by atoms with E-state index in [-0.39, 0.29) is 27.5 Å². The maximum absolute atomic E-state index is 12.8. The largest absolute Gasteiger partial charge is 0.506 e. The predicted octanol–water partition coefficient (Wildman–Crippen LogP) is 5.05. The molecule has 21 heavy (non-hydrogen) atoms. The minimum absolute atomic E-state index is 0.0354. The molecule has 1 N–H and O–H groups in total. The second-order valence-electron chi connectivity index (χ2n) is 5.88. The summed E-state index contributed by atoms with van der Waals surface area (Å²) in [6.45, 7) is 3.79. The van der Waals surface area contributed by atoms with Crippen molar-refractivity contribution in [1.29, 1.82) is 0 Å². The molecule has 0 aliphatic heterocycles. The number of carbonyl (C=O) groups excluding carboxylic acids is 1. The summed E-state index contributed by atoms with van der Waals surface area (Å²) in [6, 6.07) is 11.3. The van der Waals surface area contributed by atoms with E-state index in [0.717, 1.165) is 11.1 Å². The lowest BCUT2D eigenvalue weighted by molar-refractivity contribution is 0.0847. The van der Waals surface area contributed by atoms with Gasteiger partial charge in [0.2, 0.25) is 0 Å². The summed E-state index contributed by atoms with van der Waals surface area (Å²) in [5.41, 5.74) is 1.55. The van der Waals surface area contributed by atoms with E-state index in [1.165, 1.54) is 0 Å². The minimum Gasteiger partial charge on any atom is -0.506 e. The van der Waals surface area contributed by atoms with Crippen molar-refractivity contribution >= 4 is 29.0 Å². The number of aromatic hydroxyl groups is 1. The van der Waals surface area contributed by atoms with Crippen molar-refractivity contribution in [3.8, 4) is 5.75 Å². The Hall–Kier alpha value is -1.51. The van der Waals surface area contributed by atoms with Crippen molar-refractivity contribution in [2.75, 3.05) is 0 Å². The molecule has 0 fully saturated rings. The van der Waals surface area contributed by atoms with Crippen LogP contribution in [0.3, 0.4) is 0 Å². The zero-order chi connectivity index (χ0) is 15.4. The van der Waals surface area contributed by atoms with E-state index in [4.69, 9.17) is 23.2 Å². The van der Waals surface area contributed by atoms with Crippen molar-refractivity contribution in [3.05, 3.63) is 63.1 Å². The van der Waals surface area contributed by atoms with Crippen LogP contribution in [0.25, 0.3) is 0 Å². The van der Waals surface area contributed by atoms with Gasteiger partial charge in [0.25, 0.3) is 0 Å². The highest BCUT2D eigenvalue weighted by atomic mass is 35.5. The first-order valence-corrected chi connectivity index (χ1v) is 7.42. The molecule has 1 aliphatic carbocycles. The number of hydrogen-bond acceptors (Lipinski definition) is 2. The fourth-order valence-corrected chi connectivity index (χ4v) is 3.61. The summed E-state index contributed by atoms with van der Waals surface area (Å²) in [5.74, 6) is -0.285. The van der Waals surface area contributed by atoms with Crippen LogP contribution in [-0.2, 0) is 0 Å². The number of ketones is 1. The molecule has 0 saturated carbocycles. The standard InChI is InChI=1S/C17H14Cl2O2/c1-17(2)13(9-6-4-3-5-7-9)10-8-11(20)14(18)15(19)12(10)16(17)21/h3-8,13,20H,1-2H3/t13-/m0/s1. The van der Waals surface area contributed by atoms with Crippen LogP contribution < -0.4 is 0 Å². The number of carbonyl (C=O) groups is 1. The Bertz CT molecular complexity index is 736. The van der Waals surface area contributed by atoms with Gasteiger partial charge in [0, 0.05) is 16.9 Å². The molecule has 1 atom stereocenters. The molecule has 0 spiro atoms. The molecule has 0 heterocycles. The van der Waals surface area contributed by atoms with Gasteiger partial charge in [-0.2, -0.15) is 0 Å². The van der Waals surface area contributed by atoms with Crippen LogP contribution in [0.4, 0.5) is 0 Å². The second kappa shape index (κ2) is 4.75. The molecule has 0 bridgehead atoms. The van der Waals surface area contributed by atoms with Gasteiger partial charge in [-0.05, 0) is 17.2 Å². The van der Waals surface area contributed by atoms with Gasteiger partial charge in [-0.15, -0.1) is 0 Å². The summed E-state index contributed by atoms with van der Waals surface area (Å²) in [6.07, 6.45) is 0. The Morgan fingerprint density at radius 2 is 1.71 bits per heavy atom. The smallest absolute Gasteiger partial charge is 0.171 e. The average Bonchev–Trinajstić information content (AvgIpc) is 2.64. The molecule has 2 aromatic rings. The van der Waals surface area contributed by atoms with Crippen LogP contribution in [0.1, 0.15) is 41.3 Å². The average molecular weight is 321 g/mol. The molecular formula is C17H14Cl2O2. The molecule has 0 radical (unpaired) electrons. The Balaban J connectivity index is 2.32. The van der Waals surface area contributed by atoms with Crippen molar-refractivity contribution < 1.29 is 9.90 Å². The topological polar surface area (TPSA) is 37.3 Å². The zero-order valence-electron chi connectivity index (χ0n) is 11.7. The second-order valence-corrected chi connectivity index (χ2v) is 6.64. The number of fused-ring (bicyclic) bond motifs is 1. The maximum Gasteiger partial charge on any atom is 0.171 e. The first-order valence-electron chi connectivity index (χ1n) is 6.66. The third-order valence-electron chi connectivity index (χ3n) is 4.20. The van der Waals surface area contributed by atoms with Crippen LogP contribution in [-0.4, -0.2) is 10.9 Å². The lowest BCUT2D eigenvalue weighted by atomic mass is 9.75. The number of hydrogen-bond donors (Lipinski definition) is 1. The number of benzene rings is 2. The third-order valence-corrected chi connectivity index (χ3v) is 5.05. The van der Waals surface area contributed by atoms with Gasteiger partial charge in [0.15, 0.2) is 5.78 Å². The number of rotatable bonds is 1. The molecule has 1 aliphatic rings. The van der Waals surface area contributed by atoms with Crippen molar-refractivity contribution in [2.45, 2.75) is 19.8 Å². The molecule has 2 aromatic carbocycles. The van der Waals surface area contributed by atoms with Crippen LogP contribution >= 0.6 is 23.2 Å². The quantitative estimate of drug-likeness (QED) is 0.798. The van der Waals surface area contributed by atoms with Crippen molar-refractivity contribution in [1.82, 2.24) is 0 Å². The molecule has 0 amide bonds. The molecule has 0 aromatic heterocycles. The molecular weight excluding hydrogens is 307 g/mol. The highest BCUT2D eigenvalue weighted by Gasteiger charge is 2.48. The Labute approximate surface area is 133 Å². The highest BCUT2D eigenvalue weighted by Crippen LogP contribution is 2.54. The summed E-state index contributed by atoms with van der Waals surface area (Å²) in [4.78, 5) is 12.8. The van der Waals surface area contributed by atoms with E-state index >= 15 is 0 Å². The minimum atomic E-state index is -0.634. The van der Waals surface area contributed by atoms with Gasteiger partial charge in [0.05, 0.1) is 5.02 Å². The van der Waals surface area contributed by atoms with Crippen LogP contribution in [0.5, 0.6) is 5.75 Å². The Morgan fingerprint density at radius 3 is 2.33 bits per heavy atom. The van der Waals surface area contributed by atoms with E-state index in [0.29, 0.717) is 5.56 Å². The lowest BCUT2D eigenvalue weighted by Gasteiger charge is -2.26. The van der Waals surface area contributed by atoms with E-state index in [2.05, 4.69) is 0 Å². The van der Waals surface area contributed by atoms with Gasteiger partial charge in [0.1, 0.15) is 10.8 Å². The summed E-state index contributed by atoms with van der Waals surface area (Å²) < 4.78 is 0. The maximum atomic E-state index is 12.8. The Morgan fingerprint density at radius 1 is 1.10 bits per heavy atom. The summed E-state index contributed by atoms with van der Waals surface area (Å²) >= 11 is 12.2. The van der Waals surface area contributed by atoms with Crippen LogP contribution in [0.15, 0.2) is 36.4 Å². The van der Waals surface area contributed by atoms with Gasteiger partial charge in [-0.1, -0.05) is 67.4 Å². The lowest BCUT2D eigenvalue weighted by Crippen LogP contribution is -2.24. The molecule has 0 unspecified atom stereocenters. The van der Waals surface area contributed by atoms with Gasteiger partial charge < -0.3 is 5.11 Å². The number of phenols is 1. The monoisotopic (exact) mass is 320 g/mol. The van der Waals surface area contributed by atoms with E-state index in [1.807, 2.05) is 44.2 Å². The van der Waals surface area contributed by atoms with E-state index < -0.39 is 5.41 Å². The van der Waals surface area contributed by atoms with E-state index in [9.17, 15) is 9.90 Å². The number of halogens is 2. The summed E-state index contributed by atoms with van der Waals surface area (Å²) in [7, 11) is 0. The van der Waals surface area contributed by atoms with Crippen LogP contribution in [0, 0.1) is 5.41 Å². The molecule has 108 valence electrons. The summed E-state index contributed by atoms with van der Waals surface area (Å²) in [5, 5.41) is 10.1. The SMILES string of the molecule is CC1(C)C(=O)c2c(cc(O)c(Cl)c2Cl)[C@@H]1c1ccccc1. The highest BCUT2D eigenvalue weighted by molar-refractivity contribution is 6.45. The normalized spacial score (nSPS) is 19.6. The molecule has 0 saturated heterocycles. The predicted molar refractivity (Wildman–Crippen MR) is 84.5 cm³/mol. The fraction of sp³-hybridized carbons (Fsp3) is 0.235. The molecule has 2 nitrogen and oxygen atoms in total. The molecule has 4 heteroatoms. The molecule has 3 rings (SSSR count). The van der Waals surface area contributed by atoms with E-state index in [1.54, 1.807) is 6.07 Å². The number of phenolic OH excluding ortho intramolecular Hbond substituents is 1. The van der Waals surface area contributed by atoms with Gasteiger partial charge in [-0.3, -0.25) is 4.79 Å². The van der Waals surface area contributed by atoms with Crippen molar-refractivity contribution in [2.24, 2.45) is 5.41 Å². The first kappa shape index (κ1) is 14.4. The van der Waals surface area contributed by atoms with Gasteiger partial charge >= 0.3 is 0 Å². The van der Waals surface area contributed by atoms with Crippen molar-refractivity contribution in [3.63, 3.8) is 0 Å².